The standard InChI is InChI=1S/C16H29NO6/c1-6-7-10(2)11(3)14(8-15(19)20)9-17-16(21)23-13(5)22-12(4)18/h10-11,13-14H,6-9H2,1-5H3,(H,17,21)(H,19,20)/t10-,11-,13+,14+/m1/s1. The Morgan fingerprint density at radius 1 is 1.13 bits per heavy atom. The summed E-state index contributed by atoms with van der Waals surface area (Å²) in [5, 5.41) is 11.6. The maximum absolute atomic E-state index is 11.7. The molecule has 0 aliphatic heterocycles. The van der Waals surface area contributed by atoms with Crippen molar-refractivity contribution < 1.29 is 29.0 Å². The van der Waals surface area contributed by atoms with E-state index >= 15 is 0 Å². The minimum atomic E-state index is -0.984. The SMILES string of the molecule is CCC[C@@H](C)[C@@H](C)[C@H](CNC(=O)O[C@@H](C)OC(C)=O)CC(=O)O. The molecule has 7 heteroatoms. The number of carbonyl (C=O) groups is 3. The zero-order valence-electron chi connectivity index (χ0n) is 14.6. The Bertz CT molecular complexity index is 398. The molecule has 23 heavy (non-hydrogen) atoms. The average Bonchev–Trinajstić information content (AvgIpc) is 2.41. The van der Waals surface area contributed by atoms with Gasteiger partial charge in [0.25, 0.3) is 0 Å². The number of aliphatic carboxylic acids is 1. The molecule has 0 radical (unpaired) electrons. The van der Waals surface area contributed by atoms with Gasteiger partial charge in [-0.3, -0.25) is 9.59 Å². The largest absolute Gasteiger partial charge is 0.481 e. The third kappa shape index (κ3) is 9.76. The maximum atomic E-state index is 11.7. The molecule has 0 bridgehead atoms. The fourth-order valence-electron chi connectivity index (χ4n) is 2.52. The van der Waals surface area contributed by atoms with Crippen molar-refractivity contribution in [3.8, 4) is 0 Å². The number of carboxylic acids is 1. The quantitative estimate of drug-likeness (QED) is 0.471. The number of rotatable bonds is 10. The molecule has 0 saturated heterocycles. The van der Waals surface area contributed by atoms with E-state index in [0.29, 0.717) is 5.92 Å². The first-order chi connectivity index (χ1) is 10.7. The number of nitrogens with one attached hydrogen (secondary N) is 1. The van der Waals surface area contributed by atoms with Crippen molar-refractivity contribution in [2.45, 2.75) is 60.2 Å². The number of hydrogen-bond acceptors (Lipinski definition) is 5. The lowest BCUT2D eigenvalue weighted by atomic mass is 9.80. The molecule has 2 N–H and O–H groups in total. The molecular weight excluding hydrogens is 302 g/mol. The molecular formula is C16H29NO6. The molecule has 0 saturated carbocycles. The lowest BCUT2D eigenvalue weighted by Crippen LogP contribution is -2.37. The van der Waals surface area contributed by atoms with E-state index in [9.17, 15) is 14.4 Å². The van der Waals surface area contributed by atoms with Gasteiger partial charge >= 0.3 is 18.0 Å². The van der Waals surface area contributed by atoms with Crippen LogP contribution in [0.4, 0.5) is 4.79 Å². The van der Waals surface area contributed by atoms with Crippen molar-refractivity contribution in [3.63, 3.8) is 0 Å². The fourth-order valence-corrected chi connectivity index (χ4v) is 2.52. The van der Waals surface area contributed by atoms with Gasteiger partial charge in [-0.1, -0.05) is 33.6 Å². The summed E-state index contributed by atoms with van der Waals surface area (Å²) in [7, 11) is 0. The van der Waals surface area contributed by atoms with Crippen LogP contribution in [-0.2, 0) is 19.1 Å². The lowest BCUT2D eigenvalue weighted by molar-refractivity contribution is -0.162. The van der Waals surface area contributed by atoms with Crippen LogP contribution >= 0.6 is 0 Å². The summed E-state index contributed by atoms with van der Waals surface area (Å²) >= 11 is 0. The van der Waals surface area contributed by atoms with E-state index in [1.807, 2.05) is 6.92 Å². The van der Waals surface area contributed by atoms with E-state index in [1.165, 1.54) is 13.8 Å². The number of esters is 1. The van der Waals surface area contributed by atoms with Crippen LogP contribution in [0, 0.1) is 17.8 Å². The Balaban J connectivity index is 4.51. The van der Waals surface area contributed by atoms with Crippen LogP contribution < -0.4 is 5.32 Å². The Hall–Kier alpha value is -1.79. The zero-order chi connectivity index (χ0) is 18.0. The Labute approximate surface area is 137 Å². The minimum absolute atomic E-state index is 0.0188. The summed E-state index contributed by atoms with van der Waals surface area (Å²) in [4.78, 5) is 33.5. The first-order valence-corrected chi connectivity index (χ1v) is 8.00. The number of ether oxygens (including phenoxy) is 2. The highest BCUT2D eigenvalue weighted by atomic mass is 16.7. The monoisotopic (exact) mass is 331 g/mol. The van der Waals surface area contributed by atoms with Gasteiger partial charge in [-0.2, -0.15) is 0 Å². The molecule has 0 rings (SSSR count). The summed E-state index contributed by atoms with van der Waals surface area (Å²) in [6.45, 7) is 9.03. The minimum Gasteiger partial charge on any atom is -0.481 e. The molecule has 0 aromatic rings. The molecule has 0 aliphatic carbocycles. The smallest absolute Gasteiger partial charge is 0.410 e. The third-order valence-electron chi connectivity index (χ3n) is 3.94. The van der Waals surface area contributed by atoms with Gasteiger partial charge in [0, 0.05) is 20.4 Å². The molecule has 0 aromatic carbocycles. The second kappa shape index (κ2) is 10.9. The van der Waals surface area contributed by atoms with E-state index in [1.54, 1.807) is 0 Å². The fraction of sp³-hybridized carbons (Fsp3) is 0.812. The Kier molecular flexibility index (Phi) is 10.0. The first-order valence-electron chi connectivity index (χ1n) is 8.00. The van der Waals surface area contributed by atoms with Crippen LogP contribution in [-0.4, -0.2) is 36.0 Å². The van der Waals surface area contributed by atoms with Gasteiger partial charge in [-0.05, 0) is 17.8 Å². The van der Waals surface area contributed by atoms with E-state index < -0.39 is 24.3 Å². The predicted molar refractivity (Wildman–Crippen MR) is 84.7 cm³/mol. The van der Waals surface area contributed by atoms with Crippen LogP contribution in [0.15, 0.2) is 0 Å². The van der Waals surface area contributed by atoms with Crippen molar-refractivity contribution in [1.82, 2.24) is 5.32 Å². The lowest BCUT2D eigenvalue weighted by Gasteiger charge is -2.28. The van der Waals surface area contributed by atoms with E-state index in [4.69, 9.17) is 14.6 Å². The zero-order valence-corrected chi connectivity index (χ0v) is 14.6. The van der Waals surface area contributed by atoms with Crippen molar-refractivity contribution in [1.29, 1.82) is 0 Å². The molecule has 7 nitrogen and oxygen atoms in total. The van der Waals surface area contributed by atoms with Gasteiger partial charge in [0.05, 0.1) is 6.42 Å². The van der Waals surface area contributed by atoms with Crippen LogP contribution in [0.5, 0.6) is 0 Å². The van der Waals surface area contributed by atoms with Crippen molar-refractivity contribution >= 4 is 18.0 Å². The van der Waals surface area contributed by atoms with E-state index in [2.05, 4.69) is 19.2 Å². The predicted octanol–water partition coefficient (Wildman–Crippen LogP) is 2.78. The van der Waals surface area contributed by atoms with Crippen LogP contribution in [0.25, 0.3) is 0 Å². The molecule has 0 aliphatic rings. The number of carbonyl (C=O) groups excluding carboxylic acids is 2. The van der Waals surface area contributed by atoms with E-state index in [0.717, 1.165) is 12.8 Å². The number of amides is 1. The Morgan fingerprint density at radius 3 is 2.22 bits per heavy atom. The summed E-state index contributed by atoms with van der Waals surface area (Å²) in [6, 6.07) is 0. The van der Waals surface area contributed by atoms with Crippen molar-refractivity contribution in [2.24, 2.45) is 17.8 Å². The molecule has 0 unspecified atom stereocenters. The summed E-state index contributed by atoms with van der Waals surface area (Å²) < 4.78 is 9.56. The molecule has 0 spiro atoms. The normalized spacial score (nSPS) is 15.9. The van der Waals surface area contributed by atoms with E-state index in [-0.39, 0.29) is 24.8 Å². The van der Waals surface area contributed by atoms with Crippen LogP contribution in [0.1, 0.15) is 53.9 Å². The summed E-state index contributed by atoms with van der Waals surface area (Å²) in [6.07, 6.45) is 0.298. The van der Waals surface area contributed by atoms with Crippen molar-refractivity contribution in [2.75, 3.05) is 6.54 Å². The average molecular weight is 331 g/mol. The maximum Gasteiger partial charge on any atom is 0.410 e. The number of alkyl carbamates (subject to hydrolysis) is 1. The molecule has 0 heterocycles. The molecule has 0 aromatic heterocycles. The summed E-state index contributed by atoms with van der Waals surface area (Å²) in [5.41, 5.74) is 0. The van der Waals surface area contributed by atoms with Gasteiger partial charge in [0.15, 0.2) is 0 Å². The van der Waals surface area contributed by atoms with Gasteiger partial charge in [-0.25, -0.2) is 4.79 Å². The number of hydrogen-bond donors (Lipinski definition) is 2. The second-order valence-electron chi connectivity index (χ2n) is 5.95. The molecule has 1 amide bonds. The summed E-state index contributed by atoms with van der Waals surface area (Å²) in [5.74, 6) is -1.12. The van der Waals surface area contributed by atoms with Gasteiger partial charge in [-0.15, -0.1) is 0 Å². The van der Waals surface area contributed by atoms with Gasteiger partial charge in [0.2, 0.25) is 6.29 Å². The van der Waals surface area contributed by atoms with Gasteiger partial charge < -0.3 is 19.9 Å². The highest BCUT2D eigenvalue weighted by Gasteiger charge is 2.25. The van der Waals surface area contributed by atoms with Crippen molar-refractivity contribution in [3.05, 3.63) is 0 Å². The molecule has 0 fully saturated rings. The topological polar surface area (TPSA) is 102 Å². The number of carboxylic acid groups (broad SMARTS) is 1. The highest BCUT2D eigenvalue weighted by molar-refractivity contribution is 5.69. The van der Waals surface area contributed by atoms with Gasteiger partial charge in [0.1, 0.15) is 0 Å². The molecule has 134 valence electrons. The van der Waals surface area contributed by atoms with Crippen LogP contribution in [0.2, 0.25) is 0 Å². The second-order valence-corrected chi connectivity index (χ2v) is 5.95. The first kappa shape index (κ1) is 21.2. The Morgan fingerprint density at radius 2 is 1.74 bits per heavy atom. The van der Waals surface area contributed by atoms with Crippen LogP contribution in [0.3, 0.4) is 0 Å². The third-order valence-corrected chi connectivity index (χ3v) is 3.94. The molecule has 4 atom stereocenters. The highest BCUT2D eigenvalue weighted by Crippen LogP contribution is 2.26.